The third-order valence-corrected chi connectivity index (χ3v) is 4.88. The number of benzene rings is 2. The number of carbonyl (C=O) groups excluding carboxylic acids is 3. The molecule has 8 nitrogen and oxygen atoms in total. The highest BCUT2D eigenvalue weighted by atomic mass is 16.5. The summed E-state index contributed by atoms with van der Waals surface area (Å²) in [6.45, 7) is 2.58. The van der Waals surface area contributed by atoms with Crippen LogP contribution in [0, 0.1) is 5.92 Å². The fraction of sp³-hybridized carbons (Fsp3) is 0.292. The van der Waals surface area contributed by atoms with Gasteiger partial charge in [-0.15, -0.1) is 0 Å². The highest BCUT2D eigenvalue weighted by Crippen LogP contribution is 2.29. The number of urea groups is 1. The Labute approximate surface area is 187 Å². The molecule has 0 aliphatic carbocycles. The normalized spacial score (nSPS) is 16.3. The van der Waals surface area contributed by atoms with Gasteiger partial charge in [0.1, 0.15) is 5.75 Å². The minimum absolute atomic E-state index is 0.0525. The van der Waals surface area contributed by atoms with Crippen LogP contribution in [0.2, 0.25) is 0 Å². The van der Waals surface area contributed by atoms with Crippen LogP contribution in [0.25, 0.3) is 0 Å². The predicted octanol–water partition coefficient (Wildman–Crippen LogP) is 3.61. The highest BCUT2D eigenvalue weighted by molar-refractivity contribution is 5.91. The number of para-hydroxylation sites is 3. The molecule has 1 aliphatic rings. The van der Waals surface area contributed by atoms with Gasteiger partial charge >= 0.3 is 12.0 Å². The van der Waals surface area contributed by atoms with Crippen molar-refractivity contribution in [3.8, 4) is 11.5 Å². The second-order valence-electron chi connectivity index (χ2n) is 7.24. The lowest BCUT2D eigenvalue weighted by atomic mass is 9.98. The zero-order chi connectivity index (χ0) is 22.8. The van der Waals surface area contributed by atoms with Crippen LogP contribution >= 0.6 is 0 Å². The van der Waals surface area contributed by atoms with Gasteiger partial charge in [0, 0.05) is 18.5 Å². The SMILES string of the molecule is CCOC(=O)/C=C/C(CC1CCNC1=O)NC(=O)Nc1ccccc1Oc1ccccc1. The van der Waals surface area contributed by atoms with E-state index in [0.29, 0.717) is 36.6 Å². The summed E-state index contributed by atoms with van der Waals surface area (Å²) >= 11 is 0. The monoisotopic (exact) mass is 437 g/mol. The lowest BCUT2D eigenvalue weighted by molar-refractivity contribution is -0.137. The van der Waals surface area contributed by atoms with E-state index in [1.165, 1.54) is 6.08 Å². The van der Waals surface area contributed by atoms with E-state index in [9.17, 15) is 14.4 Å². The number of amides is 3. The second-order valence-corrected chi connectivity index (χ2v) is 7.24. The van der Waals surface area contributed by atoms with Crippen molar-refractivity contribution >= 4 is 23.6 Å². The summed E-state index contributed by atoms with van der Waals surface area (Å²) in [7, 11) is 0. The summed E-state index contributed by atoms with van der Waals surface area (Å²) in [5.74, 6) is 0.341. The molecule has 32 heavy (non-hydrogen) atoms. The maximum absolute atomic E-state index is 12.7. The van der Waals surface area contributed by atoms with Crippen LogP contribution in [0.3, 0.4) is 0 Å². The summed E-state index contributed by atoms with van der Waals surface area (Å²) in [6.07, 6.45) is 3.88. The molecule has 0 spiro atoms. The van der Waals surface area contributed by atoms with Crippen LogP contribution < -0.4 is 20.7 Å². The number of ether oxygens (including phenoxy) is 2. The zero-order valence-electron chi connectivity index (χ0n) is 17.9. The van der Waals surface area contributed by atoms with Crippen LogP contribution in [0.4, 0.5) is 10.5 Å². The van der Waals surface area contributed by atoms with Gasteiger partial charge < -0.3 is 25.4 Å². The van der Waals surface area contributed by atoms with Crippen molar-refractivity contribution in [1.29, 1.82) is 0 Å². The molecule has 2 atom stereocenters. The quantitative estimate of drug-likeness (QED) is 0.410. The Morgan fingerprint density at radius 1 is 1.16 bits per heavy atom. The first-order valence-electron chi connectivity index (χ1n) is 10.6. The smallest absolute Gasteiger partial charge is 0.330 e. The van der Waals surface area contributed by atoms with Crippen LogP contribution in [-0.2, 0) is 14.3 Å². The van der Waals surface area contributed by atoms with Crippen molar-refractivity contribution in [2.45, 2.75) is 25.8 Å². The maximum atomic E-state index is 12.7. The lowest BCUT2D eigenvalue weighted by Gasteiger charge is -2.19. The van der Waals surface area contributed by atoms with Gasteiger partial charge in [-0.1, -0.05) is 36.4 Å². The fourth-order valence-corrected chi connectivity index (χ4v) is 3.35. The summed E-state index contributed by atoms with van der Waals surface area (Å²) in [5, 5.41) is 8.39. The van der Waals surface area contributed by atoms with Gasteiger partial charge in [-0.3, -0.25) is 4.79 Å². The molecule has 8 heteroatoms. The summed E-state index contributed by atoms with van der Waals surface area (Å²) in [6, 6.07) is 15.3. The summed E-state index contributed by atoms with van der Waals surface area (Å²) in [4.78, 5) is 36.4. The molecule has 2 aromatic carbocycles. The molecule has 0 radical (unpaired) electrons. The molecule has 3 amide bonds. The topological polar surface area (TPSA) is 106 Å². The number of carbonyl (C=O) groups is 3. The molecule has 1 heterocycles. The Morgan fingerprint density at radius 3 is 2.62 bits per heavy atom. The fourth-order valence-electron chi connectivity index (χ4n) is 3.35. The van der Waals surface area contributed by atoms with Gasteiger partial charge in [0.2, 0.25) is 5.91 Å². The first-order chi connectivity index (χ1) is 15.5. The molecular formula is C24H27N3O5. The van der Waals surface area contributed by atoms with Gasteiger partial charge in [-0.05, 0) is 44.0 Å². The van der Waals surface area contributed by atoms with Crippen LogP contribution in [0.5, 0.6) is 11.5 Å². The minimum Gasteiger partial charge on any atom is -0.463 e. The molecule has 2 aromatic rings. The predicted molar refractivity (Wildman–Crippen MR) is 120 cm³/mol. The first kappa shape index (κ1) is 22.9. The van der Waals surface area contributed by atoms with E-state index in [1.807, 2.05) is 36.4 Å². The number of anilines is 1. The van der Waals surface area contributed by atoms with Crippen LogP contribution in [-0.4, -0.2) is 37.1 Å². The average Bonchev–Trinajstić information content (AvgIpc) is 3.18. The molecule has 3 rings (SSSR count). The molecule has 2 unspecified atom stereocenters. The van der Waals surface area contributed by atoms with Gasteiger partial charge in [-0.25, -0.2) is 9.59 Å². The van der Waals surface area contributed by atoms with Crippen molar-refractivity contribution in [1.82, 2.24) is 10.6 Å². The van der Waals surface area contributed by atoms with Gasteiger partial charge in [-0.2, -0.15) is 0 Å². The van der Waals surface area contributed by atoms with Crippen molar-refractivity contribution < 1.29 is 23.9 Å². The average molecular weight is 437 g/mol. The minimum atomic E-state index is -0.532. The highest BCUT2D eigenvalue weighted by Gasteiger charge is 2.27. The third-order valence-electron chi connectivity index (χ3n) is 4.88. The Morgan fingerprint density at radius 2 is 1.91 bits per heavy atom. The summed E-state index contributed by atoms with van der Waals surface area (Å²) in [5.41, 5.74) is 0.487. The first-order valence-corrected chi connectivity index (χ1v) is 10.6. The molecule has 3 N–H and O–H groups in total. The zero-order valence-corrected chi connectivity index (χ0v) is 17.9. The van der Waals surface area contributed by atoms with E-state index in [-0.39, 0.29) is 18.4 Å². The number of hydrogen-bond acceptors (Lipinski definition) is 5. The number of hydrogen-bond donors (Lipinski definition) is 3. The van der Waals surface area contributed by atoms with E-state index in [2.05, 4.69) is 16.0 Å². The molecule has 0 bridgehead atoms. The van der Waals surface area contributed by atoms with Crippen molar-refractivity contribution in [2.24, 2.45) is 5.92 Å². The third kappa shape index (κ3) is 6.87. The second kappa shape index (κ2) is 11.5. The van der Waals surface area contributed by atoms with E-state index in [1.54, 1.807) is 31.2 Å². The summed E-state index contributed by atoms with van der Waals surface area (Å²) < 4.78 is 10.8. The number of rotatable bonds is 9. The van der Waals surface area contributed by atoms with Crippen LogP contribution in [0.15, 0.2) is 66.7 Å². The molecule has 168 valence electrons. The van der Waals surface area contributed by atoms with Crippen molar-refractivity contribution in [2.75, 3.05) is 18.5 Å². The van der Waals surface area contributed by atoms with Gasteiger partial charge in [0.05, 0.1) is 18.3 Å². The van der Waals surface area contributed by atoms with Crippen molar-refractivity contribution in [3.05, 3.63) is 66.7 Å². The largest absolute Gasteiger partial charge is 0.463 e. The van der Waals surface area contributed by atoms with E-state index >= 15 is 0 Å². The Bertz CT molecular complexity index is 961. The molecule has 0 aromatic heterocycles. The van der Waals surface area contributed by atoms with Crippen molar-refractivity contribution in [3.63, 3.8) is 0 Å². The molecule has 1 aliphatic heterocycles. The lowest BCUT2D eigenvalue weighted by Crippen LogP contribution is -2.39. The Hall–Kier alpha value is -3.81. The molecule has 1 fully saturated rings. The van der Waals surface area contributed by atoms with Gasteiger partial charge in [0.15, 0.2) is 5.75 Å². The Balaban J connectivity index is 1.67. The Kier molecular flexibility index (Phi) is 8.25. The molecular weight excluding hydrogens is 410 g/mol. The number of nitrogens with one attached hydrogen (secondary N) is 3. The van der Waals surface area contributed by atoms with Gasteiger partial charge in [0.25, 0.3) is 0 Å². The maximum Gasteiger partial charge on any atom is 0.330 e. The standard InChI is InChI=1S/C24H27N3O5/c1-2-31-22(28)13-12-18(16-17-14-15-25-23(17)29)26-24(30)27-20-10-6-7-11-21(20)32-19-8-4-3-5-9-19/h3-13,17-18H,2,14-16H2,1H3,(H,25,29)(H2,26,27,30)/b13-12+. The molecule has 0 saturated carbocycles. The molecule has 1 saturated heterocycles. The van der Waals surface area contributed by atoms with Crippen LogP contribution in [0.1, 0.15) is 19.8 Å². The van der Waals surface area contributed by atoms with E-state index in [4.69, 9.17) is 9.47 Å². The van der Waals surface area contributed by atoms with E-state index < -0.39 is 18.0 Å². The number of esters is 1. The van der Waals surface area contributed by atoms with E-state index in [0.717, 1.165) is 0 Å².